The summed E-state index contributed by atoms with van der Waals surface area (Å²) in [5.74, 6) is 1.21. The molecule has 0 radical (unpaired) electrons. The van der Waals surface area contributed by atoms with E-state index in [4.69, 9.17) is 10.3 Å². The van der Waals surface area contributed by atoms with E-state index in [1.165, 1.54) is 6.33 Å². The Labute approximate surface area is 84.7 Å². The first-order valence-corrected chi connectivity index (χ1v) is 4.92. The lowest BCUT2D eigenvalue weighted by molar-refractivity contribution is 0.390. The van der Waals surface area contributed by atoms with Gasteiger partial charge in [-0.3, -0.25) is 4.98 Å². The van der Waals surface area contributed by atoms with Crippen molar-refractivity contribution in [1.82, 2.24) is 15.1 Å². The SMILES string of the molecule is Nc1cnccc1SCc1ncno1. The van der Waals surface area contributed by atoms with Gasteiger partial charge in [-0.25, -0.2) is 0 Å². The lowest BCUT2D eigenvalue weighted by atomic mass is 10.4. The normalized spacial score (nSPS) is 10.3. The summed E-state index contributed by atoms with van der Waals surface area (Å²) in [5.41, 5.74) is 6.37. The van der Waals surface area contributed by atoms with Crippen molar-refractivity contribution in [2.45, 2.75) is 10.6 Å². The van der Waals surface area contributed by atoms with Gasteiger partial charge in [0.15, 0.2) is 6.33 Å². The molecule has 0 saturated carbocycles. The van der Waals surface area contributed by atoms with E-state index in [0.29, 0.717) is 17.3 Å². The zero-order valence-electron chi connectivity index (χ0n) is 7.25. The molecular formula is C8H8N4OS. The standard InChI is InChI=1S/C8H8N4OS/c9-6-3-10-2-1-7(6)14-4-8-11-5-12-13-8/h1-3,5H,4,9H2. The Balaban J connectivity index is 2.02. The largest absolute Gasteiger partial charge is 0.397 e. The van der Waals surface area contributed by atoms with Gasteiger partial charge < -0.3 is 10.3 Å². The number of nitrogens with zero attached hydrogens (tertiary/aromatic N) is 3. The lowest BCUT2D eigenvalue weighted by Gasteiger charge is -2.00. The number of hydrogen-bond donors (Lipinski definition) is 1. The Morgan fingerprint density at radius 3 is 3.14 bits per heavy atom. The molecule has 14 heavy (non-hydrogen) atoms. The minimum Gasteiger partial charge on any atom is -0.397 e. The second-order valence-electron chi connectivity index (χ2n) is 2.54. The van der Waals surface area contributed by atoms with Gasteiger partial charge in [-0.2, -0.15) is 4.98 Å². The van der Waals surface area contributed by atoms with Crippen molar-refractivity contribution in [3.05, 3.63) is 30.7 Å². The van der Waals surface area contributed by atoms with Crippen molar-refractivity contribution in [1.29, 1.82) is 0 Å². The molecule has 2 aromatic heterocycles. The number of rotatable bonds is 3. The van der Waals surface area contributed by atoms with Crippen LogP contribution in [0.3, 0.4) is 0 Å². The summed E-state index contributed by atoms with van der Waals surface area (Å²) >= 11 is 1.54. The van der Waals surface area contributed by atoms with Crippen molar-refractivity contribution in [3.8, 4) is 0 Å². The van der Waals surface area contributed by atoms with Crippen molar-refractivity contribution in [2.24, 2.45) is 0 Å². The highest BCUT2D eigenvalue weighted by molar-refractivity contribution is 7.98. The van der Waals surface area contributed by atoms with Crippen molar-refractivity contribution in [3.63, 3.8) is 0 Å². The summed E-state index contributed by atoms with van der Waals surface area (Å²) in [6.45, 7) is 0. The molecule has 2 N–H and O–H groups in total. The zero-order chi connectivity index (χ0) is 9.80. The molecule has 0 saturated heterocycles. The van der Waals surface area contributed by atoms with Gasteiger partial charge >= 0.3 is 0 Å². The van der Waals surface area contributed by atoms with Crippen LogP contribution in [0.5, 0.6) is 0 Å². The highest BCUT2D eigenvalue weighted by atomic mass is 32.2. The molecule has 0 aliphatic rings. The average molecular weight is 208 g/mol. The quantitative estimate of drug-likeness (QED) is 0.767. The summed E-state index contributed by atoms with van der Waals surface area (Å²) in [5, 5.41) is 3.51. The fourth-order valence-electron chi connectivity index (χ4n) is 0.924. The van der Waals surface area contributed by atoms with E-state index < -0.39 is 0 Å². The molecule has 0 aliphatic heterocycles. The van der Waals surface area contributed by atoms with Crippen LogP contribution in [-0.4, -0.2) is 15.1 Å². The number of hydrogen-bond acceptors (Lipinski definition) is 6. The second-order valence-corrected chi connectivity index (χ2v) is 3.55. The third-order valence-electron chi connectivity index (χ3n) is 1.57. The number of pyridine rings is 1. The topological polar surface area (TPSA) is 77.8 Å². The van der Waals surface area contributed by atoms with Gasteiger partial charge in [-0.05, 0) is 6.07 Å². The summed E-state index contributed by atoms with van der Waals surface area (Å²) in [6, 6.07) is 1.86. The van der Waals surface area contributed by atoms with Gasteiger partial charge in [0.05, 0.1) is 17.6 Å². The highest BCUT2D eigenvalue weighted by Crippen LogP contribution is 2.25. The van der Waals surface area contributed by atoms with Crippen LogP contribution in [0.25, 0.3) is 0 Å². The third kappa shape index (κ3) is 2.02. The lowest BCUT2D eigenvalue weighted by Crippen LogP contribution is -1.89. The van der Waals surface area contributed by atoms with Crippen LogP contribution in [0, 0.1) is 0 Å². The zero-order valence-corrected chi connectivity index (χ0v) is 8.07. The molecule has 0 atom stereocenters. The molecular weight excluding hydrogens is 200 g/mol. The van der Waals surface area contributed by atoms with Gasteiger partial charge in [-0.1, -0.05) is 5.16 Å². The summed E-state index contributed by atoms with van der Waals surface area (Å²) in [4.78, 5) is 8.78. The highest BCUT2D eigenvalue weighted by Gasteiger charge is 2.03. The summed E-state index contributed by atoms with van der Waals surface area (Å²) < 4.78 is 4.86. The van der Waals surface area contributed by atoms with E-state index in [1.807, 2.05) is 6.07 Å². The molecule has 2 aromatic rings. The smallest absolute Gasteiger partial charge is 0.236 e. The fourth-order valence-corrected chi connectivity index (χ4v) is 1.71. The second kappa shape index (κ2) is 4.10. The van der Waals surface area contributed by atoms with Crippen molar-refractivity contribution in [2.75, 3.05) is 5.73 Å². The molecule has 0 aliphatic carbocycles. The van der Waals surface area contributed by atoms with Crippen LogP contribution in [0.15, 0.2) is 34.2 Å². The molecule has 72 valence electrons. The Bertz CT molecular complexity index is 403. The van der Waals surface area contributed by atoms with Crippen molar-refractivity contribution < 1.29 is 4.52 Å². The minimum absolute atomic E-state index is 0.589. The van der Waals surface area contributed by atoms with Crippen LogP contribution < -0.4 is 5.73 Å². The number of thioether (sulfide) groups is 1. The predicted octanol–water partition coefficient (Wildman–Crippen LogP) is 1.34. The molecule has 0 aromatic carbocycles. The Kier molecular flexibility index (Phi) is 2.64. The van der Waals surface area contributed by atoms with Crippen molar-refractivity contribution >= 4 is 17.4 Å². The number of anilines is 1. The fraction of sp³-hybridized carbons (Fsp3) is 0.125. The van der Waals surface area contributed by atoms with Gasteiger partial charge in [0.25, 0.3) is 0 Å². The van der Waals surface area contributed by atoms with E-state index in [1.54, 1.807) is 24.2 Å². The van der Waals surface area contributed by atoms with E-state index >= 15 is 0 Å². The number of aromatic nitrogens is 3. The molecule has 6 heteroatoms. The van der Waals surface area contributed by atoms with E-state index in [-0.39, 0.29) is 0 Å². The Hall–Kier alpha value is -1.56. The number of nitrogen functional groups attached to an aromatic ring is 1. The first-order chi connectivity index (χ1) is 6.86. The molecule has 5 nitrogen and oxygen atoms in total. The van der Waals surface area contributed by atoms with E-state index in [2.05, 4.69) is 15.1 Å². The summed E-state index contributed by atoms with van der Waals surface area (Å²) in [7, 11) is 0. The molecule has 0 amide bonds. The Morgan fingerprint density at radius 2 is 2.43 bits per heavy atom. The first-order valence-electron chi connectivity index (χ1n) is 3.94. The van der Waals surface area contributed by atoms with Gasteiger partial charge in [0, 0.05) is 11.1 Å². The van der Waals surface area contributed by atoms with Crippen LogP contribution in [0.1, 0.15) is 5.89 Å². The molecule has 0 bridgehead atoms. The molecule has 0 spiro atoms. The van der Waals surface area contributed by atoms with Gasteiger partial charge in [-0.15, -0.1) is 11.8 Å². The minimum atomic E-state index is 0.589. The van der Waals surface area contributed by atoms with Crippen LogP contribution in [-0.2, 0) is 5.75 Å². The average Bonchev–Trinajstić information content (AvgIpc) is 2.69. The molecule has 2 heterocycles. The molecule has 2 rings (SSSR count). The first kappa shape index (κ1) is 9.01. The van der Waals surface area contributed by atoms with Gasteiger partial charge in [0.2, 0.25) is 5.89 Å². The van der Waals surface area contributed by atoms with Crippen LogP contribution in [0.2, 0.25) is 0 Å². The van der Waals surface area contributed by atoms with E-state index in [9.17, 15) is 0 Å². The number of nitrogens with two attached hydrogens (primary N) is 1. The maximum atomic E-state index is 5.71. The maximum Gasteiger partial charge on any atom is 0.236 e. The molecule has 0 fully saturated rings. The summed E-state index contributed by atoms with van der Waals surface area (Å²) in [6.07, 6.45) is 4.70. The van der Waals surface area contributed by atoms with E-state index in [0.717, 1.165) is 4.90 Å². The van der Waals surface area contributed by atoms with Gasteiger partial charge in [0.1, 0.15) is 0 Å². The monoisotopic (exact) mass is 208 g/mol. The van der Waals surface area contributed by atoms with Crippen LogP contribution in [0.4, 0.5) is 5.69 Å². The maximum absolute atomic E-state index is 5.71. The Morgan fingerprint density at radius 1 is 1.50 bits per heavy atom. The predicted molar refractivity (Wildman–Crippen MR) is 52.5 cm³/mol. The molecule has 0 unspecified atom stereocenters. The third-order valence-corrected chi connectivity index (χ3v) is 2.64. The van der Waals surface area contributed by atoms with Crippen LogP contribution >= 0.6 is 11.8 Å².